The molecule has 0 N–H and O–H groups in total. The molecule has 0 heterocycles. The lowest BCUT2D eigenvalue weighted by Gasteiger charge is -2.03. The molecule has 1 aliphatic rings. The minimum absolute atomic E-state index is 1.11. The van der Waals surface area contributed by atoms with Gasteiger partial charge in [-0.1, -0.05) is 49.4 Å². The molecule has 1 aliphatic carbocycles. The van der Waals surface area contributed by atoms with Crippen LogP contribution < -0.4 is 0 Å². The van der Waals surface area contributed by atoms with Crippen LogP contribution in [-0.2, 0) is 12.8 Å². The zero-order valence-corrected chi connectivity index (χ0v) is 8.96. The third-order valence-corrected chi connectivity index (χ3v) is 3.27. The van der Waals surface area contributed by atoms with Crippen molar-refractivity contribution in [1.29, 1.82) is 0 Å². The minimum Gasteiger partial charge on any atom is -0.0619 e. The van der Waals surface area contributed by atoms with Gasteiger partial charge in [0.1, 0.15) is 0 Å². The Morgan fingerprint density at radius 2 is 1.73 bits per heavy atom. The fourth-order valence-electron chi connectivity index (χ4n) is 2.39. The highest BCUT2D eigenvalue weighted by atomic mass is 14.2. The topological polar surface area (TPSA) is 0 Å². The standard InChI is InChI=1S/C15H14/c1-2-11-7-8-13-10-12-5-3-4-6-14(12)15(13)9-11/h3-9H,2,10H2,1H3. The Morgan fingerprint density at radius 1 is 0.933 bits per heavy atom. The van der Waals surface area contributed by atoms with Crippen LogP contribution >= 0.6 is 0 Å². The van der Waals surface area contributed by atoms with Gasteiger partial charge in [0.25, 0.3) is 0 Å². The molecule has 0 aliphatic heterocycles. The van der Waals surface area contributed by atoms with E-state index in [1.54, 1.807) is 0 Å². The molecule has 0 atom stereocenters. The van der Waals surface area contributed by atoms with Crippen molar-refractivity contribution >= 4 is 0 Å². The lowest BCUT2D eigenvalue weighted by molar-refractivity contribution is 1.13. The first-order valence-corrected chi connectivity index (χ1v) is 5.58. The molecule has 0 aromatic heterocycles. The summed E-state index contributed by atoms with van der Waals surface area (Å²) in [5.41, 5.74) is 7.27. The van der Waals surface area contributed by atoms with E-state index in [2.05, 4.69) is 49.4 Å². The summed E-state index contributed by atoms with van der Waals surface area (Å²) < 4.78 is 0. The first-order valence-electron chi connectivity index (χ1n) is 5.58. The number of hydrogen-bond acceptors (Lipinski definition) is 0. The van der Waals surface area contributed by atoms with Crippen LogP contribution in [0.4, 0.5) is 0 Å². The Hall–Kier alpha value is -1.56. The van der Waals surface area contributed by atoms with Crippen LogP contribution in [-0.4, -0.2) is 0 Å². The number of benzene rings is 2. The summed E-state index contributed by atoms with van der Waals surface area (Å²) in [6.07, 6.45) is 2.23. The summed E-state index contributed by atoms with van der Waals surface area (Å²) in [6.45, 7) is 2.21. The summed E-state index contributed by atoms with van der Waals surface area (Å²) in [7, 11) is 0. The molecule has 74 valence electrons. The van der Waals surface area contributed by atoms with Crippen molar-refractivity contribution in [2.24, 2.45) is 0 Å². The van der Waals surface area contributed by atoms with E-state index in [4.69, 9.17) is 0 Å². The molecule has 0 fully saturated rings. The molecule has 15 heavy (non-hydrogen) atoms. The van der Waals surface area contributed by atoms with E-state index >= 15 is 0 Å². The largest absolute Gasteiger partial charge is 0.0619 e. The quantitative estimate of drug-likeness (QED) is 0.552. The zero-order chi connectivity index (χ0) is 10.3. The first-order chi connectivity index (χ1) is 7.38. The van der Waals surface area contributed by atoms with Gasteiger partial charge in [-0.25, -0.2) is 0 Å². The predicted octanol–water partition coefficient (Wildman–Crippen LogP) is 3.82. The zero-order valence-electron chi connectivity index (χ0n) is 8.96. The Balaban J connectivity index is 2.22. The SMILES string of the molecule is CCc1ccc2c(c1)-c1ccccc1C2. The number of rotatable bonds is 1. The molecular formula is C15H14. The highest BCUT2D eigenvalue weighted by Crippen LogP contribution is 2.36. The number of aryl methyl sites for hydroxylation is 1. The van der Waals surface area contributed by atoms with E-state index in [0.29, 0.717) is 0 Å². The van der Waals surface area contributed by atoms with E-state index in [-0.39, 0.29) is 0 Å². The second kappa shape index (κ2) is 3.23. The smallest absolute Gasteiger partial charge is 0.00135 e. The van der Waals surface area contributed by atoms with Crippen molar-refractivity contribution in [2.75, 3.05) is 0 Å². The molecule has 0 saturated heterocycles. The summed E-state index contributed by atoms with van der Waals surface area (Å²) in [5.74, 6) is 0. The van der Waals surface area contributed by atoms with Crippen LogP contribution in [0.1, 0.15) is 23.6 Å². The van der Waals surface area contributed by atoms with Gasteiger partial charge < -0.3 is 0 Å². The number of fused-ring (bicyclic) bond motifs is 3. The van der Waals surface area contributed by atoms with E-state index in [1.165, 1.54) is 27.8 Å². The Bertz CT molecular complexity index is 509. The normalized spacial score (nSPS) is 12.3. The fraction of sp³-hybridized carbons (Fsp3) is 0.200. The second-order valence-corrected chi connectivity index (χ2v) is 4.18. The lowest BCUT2D eigenvalue weighted by atomic mass is 10.0. The molecule has 0 saturated carbocycles. The van der Waals surface area contributed by atoms with Crippen molar-refractivity contribution < 1.29 is 0 Å². The third-order valence-electron chi connectivity index (χ3n) is 3.27. The molecule has 2 aromatic carbocycles. The van der Waals surface area contributed by atoms with E-state index < -0.39 is 0 Å². The molecule has 0 spiro atoms. The van der Waals surface area contributed by atoms with Crippen molar-refractivity contribution in [2.45, 2.75) is 19.8 Å². The van der Waals surface area contributed by atoms with Gasteiger partial charge in [-0.2, -0.15) is 0 Å². The maximum atomic E-state index is 2.35. The summed E-state index contributed by atoms with van der Waals surface area (Å²) in [6, 6.07) is 15.6. The maximum absolute atomic E-state index is 2.35. The minimum atomic E-state index is 1.11. The highest BCUT2D eigenvalue weighted by molar-refractivity contribution is 5.77. The average molecular weight is 194 g/mol. The van der Waals surface area contributed by atoms with Gasteiger partial charge in [0.15, 0.2) is 0 Å². The van der Waals surface area contributed by atoms with Gasteiger partial charge in [0.2, 0.25) is 0 Å². The van der Waals surface area contributed by atoms with Crippen molar-refractivity contribution in [3.63, 3.8) is 0 Å². The van der Waals surface area contributed by atoms with Crippen LogP contribution in [0, 0.1) is 0 Å². The maximum Gasteiger partial charge on any atom is -0.00135 e. The van der Waals surface area contributed by atoms with Crippen LogP contribution in [0.25, 0.3) is 11.1 Å². The molecular weight excluding hydrogens is 180 g/mol. The van der Waals surface area contributed by atoms with Gasteiger partial charge in [-0.05, 0) is 40.7 Å². The molecule has 0 amide bonds. The first kappa shape index (κ1) is 8.72. The molecule has 0 heteroatoms. The van der Waals surface area contributed by atoms with Gasteiger partial charge in [0, 0.05) is 0 Å². The second-order valence-electron chi connectivity index (χ2n) is 4.18. The Morgan fingerprint density at radius 3 is 2.60 bits per heavy atom. The summed E-state index contributed by atoms with van der Waals surface area (Å²) in [4.78, 5) is 0. The van der Waals surface area contributed by atoms with Gasteiger partial charge in [-0.3, -0.25) is 0 Å². The molecule has 2 aromatic rings. The molecule has 0 nitrogen and oxygen atoms in total. The predicted molar refractivity (Wildman–Crippen MR) is 64.1 cm³/mol. The molecule has 0 bridgehead atoms. The van der Waals surface area contributed by atoms with Crippen LogP contribution in [0.3, 0.4) is 0 Å². The Labute approximate surface area is 90.6 Å². The fourth-order valence-corrected chi connectivity index (χ4v) is 2.39. The van der Waals surface area contributed by atoms with E-state index in [1.807, 2.05) is 0 Å². The van der Waals surface area contributed by atoms with E-state index in [9.17, 15) is 0 Å². The van der Waals surface area contributed by atoms with Gasteiger partial charge >= 0.3 is 0 Å². The van der Waals surface area contributed by atoms with Crippen molar-refractivity contribution in [3.8, 4) is 11.1 Å². The van der Waals surface area contributed by atoms with Gasteiger partial charge in [-0.15, -0.1) is 0 Å². The van der Waals surface area contributed by atoms with Crippen molar-refractivity contribution in [1.82, 2.24) is 0 Å². The molecule has 0 unspecified atom stereocenters. The highest BCUT2D eigenvalue weighted by Gasteiger charge is 2.17. The van der Waals surface area contributed by atoms with Crippen LogP contribution in [0.5, 0.6) is 0 Å². The number of hydrogen-bond donors (Lipinski definition) is 0. The monoisotopic (exact) mass is 194 g/mol. The van der Waals surface area contributed by atoms with E-state index in [0.717, 1.165) is 12.8 Å². The molecule has 0 radical (unpaired) electrons. The molecule has 3 rings (SSSR count). The Kier molecular flexibility index (Phi) is 1.88. The summed E-state index contributed by atoms with van der Waals surface area (Å²) in [5, 5.41) is 0. The third kappa shape index (κ3) is 1.29. The van der Waals surface area contributed by atoms with Gasteiger partial charge in [0.05, 0.1) is 0 Å². The van der Waals surface area contributed by atoms with Crippen LogP contribution in [0.15, 0.2) is 42.5 Å². The van der Waals surface area contributed by atoms with Crippen LogP contribution in [0.2, 0.25) is 0 Å². The average Bonchev–Trinajstić information content (AvgIpc) is 2.66. The lowest BCUT2D eigenvalue weighted by Crippen LogP contribution is -1.83. The summed E-state index contributed by atoms with van der Waals surface area (Å²) >= 11 is 0. The van der Waals surface area contributed by atoms with Crippen molar-refractivity contribution in [3.05, 3.63) is 59.2 Å².